The van der Waals surface area contributed by atoms with Crippen LogP contribution in [0.15, 0.2) is 23.1 Å². The summed E-state index contributed by atoms with van der Waals surface area (Å²) < 4.78 is 40.0. The van der Waals surface area contributed by atoms with Crippen molar-refractivity contribution in [2.45, 2.75) is 30.2 Å². The van der Waals surface area contributed by atoms with Crippen LogP contribution in [0.1, 0.15) is 19.3 Å². The van der Waals surface area contributed by atoms with E-state index in [-0.39, 0.29) is 21.9 Å². The van der Waals surface area contributed by atoms with E-state index in [1.165, 1.54) is 10.4 Å². The number of rotatable bonds is 3. The highest BCUT2D eigenvalue weighted by atomic mass is 35.5. The third-order valence-electron chi connectivity index (χ3n) is 4.75. The van der Waals surface area contributed by atoms with Crippen molar-refractivity contribution >= 4 is 27.5 Å². The van der Waals surface area contributed by atoms with Crippen molar-refractivity contribution < 1.29 is 17.6 Å². The molecule has 2 aliphatic heterocycles. The van der Waals surface area contributed by atoms with Gasteiger partial charge in [-0.1, -0.05) is 11.6 Å². The minimum atomic E-state index is -3.72. The van der Waals surface area contributed by atoms with Gasteiger partial charge in [0.25, 0.3) is 0 Å². The highest BCUT2D eigenvalue weighted by Gasteiger charge is 2.34. The average molecular weight is 390 g/mol. The molecule has 1 N–H and O–H groups in total. The molecule has 6 nitrogen and oxygen atoms in total. The lowest BCUT2D eigenvalue weighted by atomic mass is 10.1. The van der Waals surface area contributed by atoms with E-state index in [0.717, 1.165) is 31.4 Å². The molecule has 0 aromatic heterocycles. The van der Waals surface area contributed by atoms with Gasteiger partial charge in [0.1, 0.15) is 5.82 Å². The van der Waals surface area contributed by atoms with Crippen LogP contribution in [-0.2, 0) is 14.8 Å². The summed E-state index contributed by atoms with van der Waals surface area (Å²) in [5, 5.41) is 2.69. The zero-order chi connectivity index (χ0) is 18.0. The fourth-order valence-corrected chi connectivity index (χ4v) is 5.01. The SMILES string of the molecule is O=C1NCCCC[C@@H]1N1CCN(S(=O)(=O)c2ccc(F)c(Cl)c2)CC1. The van der Waals surface area contributed by atoms with E-state index in [1.807, 2.05) is 4.90 Å². The number of benzene rings is 1. The first-order valence-electron chi connectivity index (χ1n) is 8.36. The number of carbonyl (C=O) groups is 1. The highest BCUT2D eigenvalue weighted by Crippen LogP contribution is 2.24. The second-order valence-electron chi connectivity index (χ2n) is 6.32. The van der Waals surface area contributed by atoms with Crippen LogP contribution in [-0.4, -0.2) is 62.3 Å². The predicted molar refractivity (Wildman–Crippen MR) is 92.4 cm³/mol. The Balaban J connectivity index is 1.68. The van der Waals surface area contributed by atoms with Gasteiger partial charge in [0.2, 0.25) is 15.9 Å². The van der Waals surface area contributed by atoms with Crippen molar-refractivity contribution in [2.75, 3.05) is 32.7 Å². The summed E-state index contributed by atoms with van der Waals surface area (Å²) in [5.41, 5.74) is 0. The summed E-state index contributed by atoms with van der Waals surface area (Å²) >= 11 is 5.70. The minimum absolute atomic E-state index is 0.0143. The van der Waals surface area contributed by atoms with E-state index in [0.29, 0.717) is 32.7 Å². The Morgan fingerprint density at radius 1 is 1.16 bits per heavy atom. The summed E-state index contributed by atoms with van der Waals surface area (Å²) in [6.07, 6.45) is 2.75. The average Bonchev–Trinajstić information content (AvgIpc) is 2.82. The number of halogens is 2. The first-order chi connectivity index (χ1) is 11.9. The third kappa shape index (κ3) is 3.97. The van der Waals surface area contributed by atoms with Crippen LogP contribution < -0.4 is 5.32 Å². The van der Waals surface area contributed by atoms with Crippen LogP contribution in [0.25, 0.3) is 0 Å². The molecule has 0 radical (unpaired) electrons. The van der Waals surface area contributed by atoms with Crippen molar-refractivity contribution in [3.05, 3.63) is 29.0 Å². The molecule has 2 saturated heterocycles. The molecular formula is C16H21ClFN3O3S. The fraction of sp³-hybridized carbons (Fsp3) is 0.562. The van der Waals surface area contributed by atoms with E-state index < -0.39 is 15.8 Å². The number of hydrogen-bond acceptors (Lipinski definition) is 4. The van der Waals surface area contributed by atoms with Gasteiger partial charge in [0, 0.05) is 32.7 Å². The minimum Gasteiger partial charge on any atom is -0.355 e. The number of nitrogens with one attached hydrogen (secondary N) is 1. The standard InChI is InChI=1S/C16H21ClFN3O3S/c17-13-11-12(4-5-14(13)18)25(23,24)21-9-7-20(8-10-21)15-3-1-2-6-19-16(15)22/h4-5,11,15H,1-3,6-10H2,(H,19,22)/t15-/m0/s1. The zero-order valence-corrected chi connectivity index (χ0v) is 15.3. The number of amides is 1. The van der Waals surface area contributed by atoms with Crippen LogP contribution in [0.2, 0.25) is 5.02 Å². The Morgan fingerprint density at radius 2 is 1.88 bits per heavy atom. The molecule has 0 bridgehead atoms. The van der Waals surface area contributed by atoms with Crippen molar-refractivity contribution in [3.8, 4) is 0 Å². The molecule has 0 saturated carbocycles. The third-order valence-corrected chi connectivity index (χ3v) is 6.93. The van der Waals surface area contributed by atoms with E-state index in [4.69, 9.17) is 11.6 Å². The van der Waals surface area contributed by atoms with Gasteiger partial charge in [-0.3, -0.25) is 9.69 Å². The number of nitrogens with zero attached hydrogens (tertiary/aromatic N) is 2. The van der Waals surface area contributed by atoms with Gasteiger partial charge < -0.3 is 5.32 Å². The summed E-state index contributed by atoms with van der Waals surface area (Å²) in [7, 11) is -3.72. The molecule has 2 fully saturated rings. The van der Waals surface area contributed by atoms with Crippen molar-refractivity contribution in [1.29, 1.82) is 0 Å². The van der Waals surface area contributed by atoms with Gasteiger partial charge in [-0.15, -0.1) is 0 Å². The Bertz CT molecular complexity index is 751. The lowest BCUT2D eigenvalue weighted by Crippen LogP contribution is -2.55. The normalized spacial score (nSPS) is 23.9. The molecule has 3 rings (SSSR count). The highest BCUT2D eigenvalue weighted by molar-refractivity contribution is 7.89. The maximum atomic E-state index is 13.3. The van der Waals surface area contributed by atoms with Crippen molar-refractivity contribution in [2.24, 2.45) is 0 Å². The van der Waals surface area contributed by atoms with E-state index in [1.54, 1.807) is 0 Å². The molecule has 1 aromatic carbocycles. The molecule has 25 heavy (non-hydrogen) atoms. The van der Waals surface area contributed by atoms with Gasteiger partial charge in [0.05, 0.1) is 16.0 Å². The molecule has 0 spiro atoms. The Kier molecular flexibility index (Phi) is 5.62. The molecule has 1 atom stereocenters. The van der Waals surface area contributed by atoms with Crippen LogP contribution in [0, 0.1) is 5.82 Å². The van der Waals surface area contributed by atoms with Gasteiger partial charge in [0.15, 0.2) is 0 Å². The summed E-state index contributed by atoms with van der Waals surface area (Å²) in [6.45, 7) is 2.27. The van der Waals surface area contributed by atoms with Gasteiger partial charge in [-0.25, -0.2) is 12.8 Å². The van der Waals surface area contributed by atoms with Crippen molar-refractivity contribution in [1.82, 2.24) is 14.5 Å². The molecule has 9 heteroatoms. The quantitative estimate of drug-likeness (QED) is 0.849. The van der Waals surface area contributed by atoms with Crippen LogP contribution in [0.3, 0.4) is 0 Å². The van der Waals surface area contributed by atoms with Gasteiger partial charge >= 0.3 is 0 Å². The molecule has 1 aromatic rings. The van der Waals surface area contributed by atoms with E-state index >= 15 is 0 Å². The van der Waals surface area contributed by atoms with Crippen LogP contribution in [0.5, 0.6) is 0 Å². The molecule has 2 aliphatic rings. The van der Waals surface area contributed by atoms with Gasteiger partial charge in [-0.05, 0) is 37.5 Å². The second-order valence-corrected chi connectivity index (χ2v) is 8.66. The number of piperazine rings is 1. The summed E-state index contributed by atoms with van der Waals surface area (Å²) in [5.74, 6) is -0.621. The van der Waals surface area contributed by atoms with Crippen LogP contribution >= 0.6 is 11.6 Å². The predicted octanol–water partition coefficient (Wildman–Crippen LogP) is 1.45. The molecule has 1 amide bonds. The first-order valence-corrected chi connectivity index (χ1v) is 10.2. The lowest BCUT2D eigenvalue weighted by Gasteiger charge is -2.37. The van der Waals surface area contributed by atoms with Crippen LogP contribution in [0.4, 0.5) is 4.39 Å². The molecule has 138 valence electrons. The summed E-state index contributed by atoms with van der Waals surface area (Å²) in [6, 6.07) is 3.23. The molecule has 2 heterocycles. The smallest absolute Gasteiger partial charge is 0.243 e. The second kappa shape index (κ2) is 7.57. The molecule has 0 aliphatic carbocycles. The number of carbonyl (C=O) groups excluding carboxylic acids is 1. The Hall–Kier alpha value is -1.22. The van der Waals surface area contributed by atoms with E-state index in [9.17, 15) is 17.6 Å². The number of hydrogen-bond donors (Lipinski definition) is 1. The zero-order valence-electron chi connectivity index (χ0n) is 13.7. The Labute approximate surface area is 152 Å². The van der Waals surface area contributed by atoms with Gasteiger partial charge in [-0.2, -0.15) is 4.31 Å². The monoisotopic (exact) mass is 389 g/mol. The largest absolute Gasteiger partial charge is 0.355 e. The Morgan fingerprint density at radius 3 is 2.56 bits per heavy atom. The molecule has 0 unspecified atom stereocenters. The van der Waals surface area contributed by atoms with Crippen molar-refractivity contribution in [3.63, 3.8) is 0 Å². The fourth-order valence-electron chi connectivity index (χ4n) is 3.31. The topological polar surface area (TPSA) is 69.7 Å². The lowest BCUT2D eigenvalue weighted by molar-refractivity contribution is -0.126. The van der Waals surface area contributed by atoms with E-state index in [2.05, 4.69) is 5.32 Å². The maximum absolute atomic E-state index is 13.3. The molecular weight excluding hydrogens is 369 g/mol. The first kappa shape index (κ1) is 18.6. The number of sulfonamides is 1. The maximum Gasteiger partial charge on any atom is 0.243 e. The summed E-state index contributed by atoms with van der Waals surface area (Å²) in [4.78, 5) is 14.2.